The summed E-state index contributed by atoms with van der Waals surface area (Å²) in [4.78, 5) is 2.82. The van der Waals surface area contributed by atoms with Crippen molar-refractivity contribution in [3.63, 3.8) is 0 Å². The molecule has 0 aromatic rings. The summed E-state index contributed by atoms with van der Waals surface area (Å²) in [5.41, 5.74) is 0. The van der Waals surface area contributed by atoms with Gasteiger partial charge in [-0.3, -0.25) is 4.90 Å². The van der Waals surface area contributed by atoms with Crippen molar-refractivity contribution >= 4 is 0 Å². The minimum absolute atomic E-state index is 0.825. The average Bonchev–Trinajstić information content (AvgIpc) is 2.78. The smallest absolute Gasteiger partial charge is 0.0223 e. The molecule has 2 fully saturated rings. The molecule has 1 heterocycles. The Morgan fingerprint density at radius 3 is 2.81 bits per heavy atom. The van der Waals surface area contributed by atoms with E-state index in [1.54, 1.807) is 0 Å². The van der Waals surface area contributed by atoms with Crippen molar-refractivity contribution in [3.8, 4) is 0 Å². The van der Waals surface area contributed by atoms with Crippen LogP contribution in [0.3, 0.4) is 0 Å². The van der Waals surface area contributed by atoms with Crippen LogP contribution >= 0.6 is 0 Å². The van der Waals surface area contributed by atoms with Crippen molar-refractivity contribution in [2.45, 2.75) is 64.0 Å². The third kappa shape index (κ3) is 2.78. The number of nitrogens with one attached hydrogen (secondary N) is 1. The second kappa shape index (κ2) is 6.02. The highest BCUT2D eigenvalue weighted by Crippen LogP contribution is 2.33. The van der Waals surface area contributed by atoms with E-state index in [0.717, 1.165) is 18.0 Å². The van der Waals surface area contributed by atoms with Gasteiger partial charge in [-0.05, 0) is 45.2 Å². The molecule has 0 spiro atoms. The quantitative estimate of drug-likeness (QED) is 0.790. The van der Waals surface area contributed by atoms with Crippen LogP contribution in [0.15, 0.2) is 0 Å². The van der Waals surface area contributed by atoms with E-state index in [2.05, 4.69) is 24.2 Å². The molecule has 1 aliphatic heterocycles. The Morgan fingerprint density at radius 2 is 2.06 bits per heavy atom. The van der Waals surface area contributed by atoms with E-state index in [1.807, 2.05) is 0 Å². The van der Waals surface area contributed by atoms with Gasteiger partial charge in [-0.2, -0.15) is 0 Å². The zero-order valence-corrected chi connectivity index (χ0v) is 11.0. The van der Waals surface area contributed by atoms with Gasteiger partial charge in [0.25, 0.3) is 0 Å². The molecular weight excluding hydrogens is 196 g/mol. The molecule has 0 radical (unpaired) electrons. The highest BCUT2D eigenvalue weighted by atomic mass is 15.2. The molecule has 0 amide bonds. The summed E-state index contributed by atoms with van der Waals surface area (Å²) in [6.45, 7) is 4.91. The Balaban J connectivity index is 1.89. The normalized spacial score (nSPS) is 36.8. The number of hydrogen-bond acceptors (Lipinski definition) is 2. The fourth-order valence-electron chi connectivity index (χ4n) is 3.73. The molecule has 1 aliphatic carbocycles. The van der Waals surface area contributed by atoms with Crippen LogP contribution in [0.25, 0.3) is 0 Å². The molecule has 0 aromatic heterocycles. The molecule has 2 nitrogen and oxygen atoms in total. The predicted molar refractivity (Wildman–Crippen MR) is 69.7 cm³/mol. The average molecular weight is 224 g/mol. The molecule has 0 bridgehead atoms. The van der Waals surface area contributed by atoms with Gasteiger partial charge in [0.2, 0.25) is 0 Å². The highest BCUT2D eigenvalue weighted by Gasteiger charge is 2.32. The van der Waals surface area contributed by atoms with Crippen molar-refractivity contribution < 1.29 is 0 Å². The van der Waals surface area contributed by atoms with Crippen LogP contribution < -0.4 is 5.32 Å². The van der Waals surface area contributed by atoms with Gasteiger partial charge in [-0.15, -0.1) is 0 Å². The van der Waals surface area contributed by atoms with Gasteiger partial charge in [0.05, 0.1) is 0 Å². The van der Waals surface area contributed by atoms with Crippen molar-refractivity contribution in [1.82, 2.24) is 10.2 Å². The summed E-state index contributed by atoms with van der Waals surface area (Å²) >= 11 is 0. The molecule has 2 heteroatoms. The largest absolute Gasteiger partial charge is 0.318 e. The SMILES string of the molecule is CCC1CCCC(N2CCCC2CNC)C1. The zero-order chi connectivity index (χ0) is 11.4. The van der Waals surface area contributed by atoms with E-state index in [1.165, 1.54) is 58.0 Å². The third-order valence-electron chi connectivity index (χ3n) is 4.66. The summed E-state index contributed by atoms with van der Waals surface area (Å²) in [6, 6.07) is 1.73. The minimum Gasteiger partial charge on any atom is -0.318 e. The fraction of sp³-hybridized carbons (Fsp3) is 1.00. The summed E-state index contributed by atoms with van der Waals surface area (Å²) in [6.07, 6.45) is 10.1. The lowest BCUT2D eigenvalue weighted by atomic mass is 9.83. The molecule has 3 atom stereocenters. The number of hydrogen-bond donors (Lipinski definition) is 1. The van der Waals surface area contributed by atoms with E-state index in [0.29, 0.717) is 0 Å². The standard InChI is InChI=1S/C14H28N2/c1-3-12-6-4-7-13(10-12)16-9-5-8-14(16)11-15-2/h12-15H,3-11H2,1-2H3. The van der Waals surface area contributed by atoms with E-state index in [-0.39, 0.29) is 0 Å². The Labute approximate surface area is 101 Å². The first kappa shape index (κ1) is 12.4. The fourth-order valence-corrected chi connectivity index (χ4v) is 3.73. The number of likely N-dealkylation sites (N-methyl/N-ethyl adjacent to an activating group) is 1. The lowest BCUT2D eigenvalue weighted by molar-refractivity contribution is 0.116. The molecule has 0 aromatic carbocycles. The maximum absolute atomic E-state index is 3.36. The molecule has 2 aliphatic rings. The molecule has 16 heavy (non-hydrogen) atoms. The second-order valence-electron chi connectivity index (χ2n) is 5.69. The Hall–Kier alpha value is -0.0800. The predicted octanol–water partition coefficient (Wildman–Crippen LogP) is 2.64. The number of nitrogens with zero attached hydrogens (tertiary/aromatic N) is 1. The highest BCUT2D eigenvalue weighted by molar-refractivity contribution is 4.88. The topological polar surface area (TPSA) is 15.3 Å². The van der Waals surface area contributed by atoms with Crippen LogP contribution in [0, 0.1) is 5.92 Å². The van der Waals surface area contributed by atoms with Crippen molar-refractivity contribution in [3.05, 3.63) is 0 Å². The first-order valence-corrected chi connectivity index (χ1v) is 7.25. The van der Waals surface area contributed by atoms with Crippen molar-refractivity contribution in [1.29, 1.82) is 0 Å². The van der Waals surface area contributed by atoms with Crippen LogP contribution in [-0.4, -0.2) is 37.1 Å². The van der Waals surface area contributed by atoms with Crippen molar-refractivity contribution in [2.75, 3.05) is 20.1 Å². The molecule has 3 unspecified atom stereocenters. The van der Waals surface area contributed by atoms with Crippen molar-refractivity contribution in [2.24, 2.45) is 5.92 Å². The van der Waals surface area contributed by atoms with Gasteiger partial charge in [0, 0.05) is 18.6 Å². The van der Waals surface area contributed by atoms with Gasteiger partial charge in [0.1, 0.15) is 0 Å². The molecule has 1 saturated heterocycles. The summed E-state index contributed by atoms with van der Waals surface area (Å²) in [7, 11) is 2.09. The van der Waals surface area contributed by atoms with E-state index >= 15 is 0 Å². The van der Waals surface area contributed by atoms with Crippen LogP contribution in [0.1, 0.15) is 51.9 Å². The number of likely N-dealkylation sites (tertiary alicyclic amines) is 1. The lowest BCUT2D eigenvalue weighted by Gasteiger charge is -2.38. The molecule has 2 rings (SSSR count). The van der Waals surface area contributed by atoms with Crippen LogP contribution in [0.2, 0.25) is 0 Å². The maximum atomic E-state index is 3.36. The van der Waals surface area contributed by atoms with Gasteiger partial charge < -0.3 is 5.32 Å². The Morgan fingerprint density at radius 1 is 1.19 bits per heavy atom. The van der Waals surface area contributed by atoms with E-state index in [9.17, 15) is 0 Å². The molecule has 94 valence electrons. The first-order chi connectivity index (χ1) is 7.85. The Kier molecular flexibility index (Phi) is 4.66. The summed E-state index contributed by atoms with van der Waals surface area (Å²) < 4.78 is 0. The molecule has 1 saturated carbocycles. The minimum atomic E-state index is 0.825. The molecular formula is C14H28N2. The summed E-state index contributed by atoms with van der Waals surface area (Å²) in [5, 5.41) is 3.36. The Bertz CT molecular complexity index is 205. The first-order valence-electron chi connectivity index (χ1n) is 7.25. The third-order valence-corrected chi connectivity index (χ3v) is 4.66. The van der Waals surface area contributed by atoms with Gasteiger partial charge in [0.15, 0.2) is 0 Å². The summed E-state index contributed by atoms with van der Waals surface area (Å²) in [5.74, 6) is 1.01. The van der Waals surface area contributed by atoms with E-state index in [4.69, 9.17) is 0 Å². The van der Waals surface area contributed by atoms with Gasteiger partial charge in [-0.25, -0.2) is 0 Å². The number of rotatable bonds is 4. The maximum Gasteiger partial charge on any atom is 0.0223 e. The second-order valence-corrected chi connectivity index (χ2v) is 5.69. The van der Waals surface area contributed by atoms with E-state index < -0.39 is 0 Å². The van der Waals surface area contributed by atoms with Crippen LogP contribution in [-0.2, 0) is 0 Å². The van der Waals surface area contributed by atoms with Gasteiger partial charge in [-0.1, -0.05) is 26.2 Å². The monoisotopic (exact) mass is 224 g/mol. The van der Waals surface area contributed by atoms with Gasteiger partial charge >= 0.3 is 0 Å². The zero-order valence-electron chi connectivity index (χ0n) is 11.0. The van der Waals surface area contributed by atoms with Crippen LogP contribution in [0.4, 0.5) is 0 Å². The van der Waals surface area contributed by atoms with Crippen LogP contribution in [0.5, 0.6) is 0 Å². The molecule has 1 N–H and O–H groups in total. The lowest BCUT2D eigenvalue weighted by Crippen LogP contribution is -2.45.